The topological polar surface area (TPSA) is 90.3 Å². The van der Waals surface area contributed by atoms with Gasteiger partial charge in [0.05, 0.1) is 5.69 Å². The van der Waals surface area contributed by atoms with Crippen LogP contribution in [0.2, 0.25) is 0 Å². The number of aryl methyl sites for hydroxylation is 1. The zero-order chi connectivity index (χ0) is 20.0. The fourth-order valence-corrected chi connectivity index (χ4v) is 2.13. The summed E-state index contributed by atoms with van der Waals surface area (Å²) >= 11 is 0. The fraction of sp³-hybridized carbons (Fsp3) is 0.333. The molecular weight excluding hydrogens is 360 g/mol. The molecule has 0 aliphatic carbocycles. The number of nitrogens with one attached hydrogen (secondary N) is 1. The average molecular weight is 379 g/mol. The van der Waals surface area contributed by atoms with Crippen molar-refractivity contribution >= 4 is 17.6 Å². The van der Waals surface area contributed by atoms with Crippen LogP contribution in [0.3, 0.4) is 0 Å². The molecule has 1 unspecified atom stereocenters. The summed E-state index contributed by atoms with van der Waals surface area (Å²) in [6.45, 7) is 3.58. The Balaban J connectivity index is 2.05. The minimum Gasteiger partial charge on any atom is -0.448 e. The molecule has 0 saturated carbocycles. The number of rotatable bonds is 7. The molecule has 0 fully saturated rings. The molecule has 1 amide bonds. The van der Waals surface area contributed by atoms with E-state index in [0.29, 0.717) is 13.0 Å². The Kier molecular flexibility index (Phi) is 6.75. The Morgan fingerprint density at radius 3 is 2.70 bits per heavy atom. The number of carbonyl (C=O) groups excluding carboxylic acids is 2. The fourth-order valence-electron chi connectivity index (χ4n) is 2.13. The van der Waals surface area contributed by atoms with E-state index in [1.165, 1.54) is 19.1 Å². The van der Waals surface area contributed by atoms with Crippen LogP contribution in [0, 0.1) is 11.6 Å². The molecule has 144 valence electrons. The van der Waals surface area contributed by atoms with Crippen LogP contribution in [0.1, 0.15) is 37.2 Å². The lowest BCUT2D eigenvalue weighted by molar-refractivity contribution is -0.123. The highest BCUT2D eigenvalue weighted by molar-refractivity contribution is 5.96. The second-order valence-electron chi connectivity index (χ2n) is 5.79. The highest BCUT2D eigenvalue weighted by atomic mass is 19.1. The monoisotopic (exact) mass is 379 g/mol. The molecule has 1 aromatic heterocycles. The van der Waals surface area contributed by atoms with Crippen molar-refractivity contribution in [3.8, 4) is 0 Å². The molecule has 0 aliphatic rings. The van der Waals surface area contributed by atoms with Gasteiger partial charge in [0.2, 0.25) is 0 Å². The van der Waals surface area contributed by atoms with Crippen LogP contribution in [0.5, 0.6) is 0 Å². The molecule has 0 saturated heterocycles. The number of ether oxygens (including phenoxy) is 1. The smallest absolute Gasteiger partial charge is 0.359 e. The molecule has 0 aliphatic heterocycles. The molecule has 1 aromatic carbocycles. The van der Waals surface area contributed by atoms with E-state index in [1.807, 2.05) is 6.92 Å². The second kappa shape index (κ2) is 9.02. The van der Waals surface area contributed by atoms with Gasteiger partial charge in [0.15, 0.2) is 11.8 Å². The molecule has 2 aromatic rings. The number of halogens is 2. The van der Waals surface area contributed by atoms with E-state index < -0.39 is 29.6 Å². The number of carbonyl (C=O) groups is 2. The zero-order valence-electron chi connectivity index (χ0n) is 14.9. The molecule has 27 heavy (non-hydrogen) atoms. The number of anilines is 1. The maximum Gasteiger partial charge on any atom is 0.359 e. The lowest BCUT2D eigenvalue weighted by Gasteiger charge is -2.14. The Hall–Kier alpha value is -3.10. The van der Waals surface area contributed by atoms with Crippen LogP contribution >= 0.6 is 0 Å². The number of hydrogen-bond donors (Lipinski definition) is 1. The standard InChI is InChI=1S/C18H19F2N3O4/c1-3-4-9-23-16(24)8-7-14(22-23)18(26)27-11(2)17(25)21-15-10-12(19)5-6-13(15)20/h5-8,10-11H,3-4,9H2,1-2H3,(H,21,25). The third-order valence-electron chi connectivity index (χ3n) is 3.64. The Morgan fingerprint density at radius 1 is 1.26 bits per heavy atom. The molecule has 1 heterocycles. The molecule has 1 atom stereocenters. The van der Waals surface area contributed by atoms with Gasteiger partial charge in [0.25, 0.3) is 11.5 Å². The molecular formula is C18H19F2N3O4. The summed E-state index contributed by atoms with van der Waals surface area (Å²) in [6, 6.07) is 4.97. The zero-order valence-corrected chi connectivity index (χ0v) is 14.9. The summed E-state index contributed by atoms with van der Waals surface area (Å²) in [5.41, 5.74) is -0.858. The molecule has 1 N–H and O–H groups in total. The van der Waals surface area contributed by atoms with Crippen molar-refractivity contribution < 1.29 is 23.1 Å². The van der Waals surface area contributed by atoms with Crippen LogP contribution in [-0.2, 0) is 16.1 Å². The molecule has 7 nitrogen and oxygen atoms in total. The van der Waals surface area contributed by atoms with Crippen LogP contribution in [0.4, 0.5) is 14.5 Å². The van der Waals surface area contributed by atoms with Gasteiger partial charge in [0, 0.05) is 18.7 Å². The number of esters is 1. The van der Waals surface area contributed by atoms with E-state index in [9.17, 15) is 23.2 Å². The van der Waals surface area contributed by atoms with E-state index in [2.05, 4.69) is 10.4 Å². The first kappa shape index (κ1) is 20.2. The largest absolute Gasteiger partial charge is 0.448 e. The van der Waals surface area contributed by atoms with Crippen molar-refractivity contribution in [3.05, 3.63) is 58.0 Å². The van der Waals surface area contributed by atoms with Crippen LogP contribution in [0.25, 0.3) is 0 Å². The van der Waals surface area contributed by atoms with Crippen LogP contribution in [0.15, 0.2) is 35.1 Å². The van der Waals surface area contributed by atoms with Crippen molar-refractivity contribution in [3.63, 3.8) is 0 Å². The normalized spacial score (nSPS) is 11.7. The summed E-state index contributed by atoms with van der Waals surface area (Å²) in [4.78, 5) is 35.9. The number of aromatic nitrogens is 2. The van der Waals surface area contributed by atoms with Crippen LogP contribution < -0.4 is 10.9 Å². The average Bonchev–Trinajstić information content (AvgIpc) is 2.63. The SMILES string of the molecule is CCCCn1nc(C(=O)OC(C)C(=O)Nc2cc(F)ccc2F)ccc1=O. The Bertz CT molecular complexity index is 898. The predicted octanol–water partition coefficient (Wildman–Crippen LogP) is 2.51. The Labute approximate surface area is 154 Å². The number of unbranched alkanes of at least 4 members (excludes halogenated alkanes) is 1. The summed E-state index contributed by atoms with van der Waals surface area (Å²) in [6.07, 6.45) is 0.262. The lowest BCUT2D eigenvalue weighted by atomic mass is 10.2. The highest BCUT2D eigenvalue weighted by Crippen LogP contribution is 2.16. The maximum absolute atomic E-state index is 13.6. The summed E-state index contributed by atoms with van der Waals surface area (Å²) in [5, 5.41) is 6.07. The summed E-state index contributed by atoms with van der Waals surface area (Å²) < 4.78 is 32.9. The predicted molar refractivity (Wildman–Crippen MR) is 93.3 cm³/mol. The molecule has 2 rings (SSSR count). The number of nitrogens with zero attached hydrogens (tertiary/aromatic N) is 2. The van der Waals surface area contributed by atoms with Crippen molar-refractivity contribution in [2.45, 2.75) is 39.3 Å². The van der Waals surface area contributed by atoms with E-state index in [4.69, 9.17) is 4.74 Å². The van der Waals surface area contributed by atoms with Gasteiger partial charge in [-0.05, 0) is 31.5 Å². The number of hydrogen-bond acceptors (Lipinski definition) is 5. The third kappa shape index (κ3) is 5.44. The summed E-state index contributed by atoms with van der Waals surface area (Å²) in [5.74, 6) is -3.31. The van der Waals surface area contributed by atoms with Gasteiger partial charge in [-0.15, -0.1) is 0 Å². The van der Waals surface area contributed by atoms with Gasteiger partial charge in [-0.2, -0.15) is 5.10 Å². The van der Waals surface area contributed by atoms with Gasteiger partial charge in [-0.1, -0.05) is 13.3 Å². The minimum absolute atomic E-state index is 0.137. The Morgan fingerprint density at radius 2 is 2.00 bits per heavy atom. The highest BCUT2D eigenvalue weighted by Gasteiger charge is 2.21. The van der Waals surface area contributed by atoms with Crippen LogP contribution in [-0.4, -0.2) is 27.8 Å². The van der Waals surface area contributed by atoms with E-state index >= 15 is 0 Å². The second-order valence-corrected chi connectivity index (χ2v) is 5.79. The van der Waals surface area contributed by atoms with Gasteiger partial charge in [-0.25, -0.2) is 18.3 Å². The van der Waals surface area contributed by atoms with E-state index in [0.717, 1.165) is 29.3 Å². The van der Waals surface area contributed by atoms with Crippen molar-refractivity contribution in [2.24, 2.45) is 0 Å². The van der Waals surface area contributed by atoms with E-state index in [-0.39, 0.29) is 16.9 Å². The maximum atomic E-state index is 13.6. The van der Waals surface area contributed by atoms with Gasteiger partial charge < -0.3 is 10.1 Å². The third-order valence-corrected chi connectivity index (χ3v) is 3.64. The van der Waals surface area contributed by atoms with Crippen molar-refractivity contribution in [1.29, 1.82) is 0 Å². The van der Waals surface area contributed by atoms with Gasteiger partial charge in [-0.3, -0.25) is 9.59 Å². The number of benzene rings is 1. The minimum atomic E-state index is -1.29. The van der Waals surface area contributed by atoms with Gasteiger partial charge >= 0.3 is 5.97 Å². The first-order chi connectivity index (χ1) is 12.8. The number of amides is 1. The molecule has 0 bridgehead atoms. The van der Waals surface area contributed by atoms with Crippen molar-refractivity contribution in [2.75, 3.05) is 5.32 Å². The quantitative estimate of drug-likeness (QED) is 0.747. The molecule has 0 radical (unpaired) electrons. The molecule has 9 heteroatoms. The molecule has 0 spiro atoms. The summed E-state index contributed by atoms with van der Waals surface area (Å²) in [7, 11) is 0. The van der Waals surface area contributed by atoms with Crippen molar-refractivity contribution in [1.82, 2.24) is 9.78 Å². The lowest BCUT2D eigenvalue weighted by Crippen LogP contribution is -2.31. The first-order valence-corrected chi connectivity index (χ1v) is 8.37. The first-order valence-electron chi connectivity index (χ1n) is 8.37. The van der Waals surface area contributed by atoms with Gasteiger partial charge in [0.1, 0.15) is 11.6 Å². The van der Waals surface area contributed by atoms with E-state index in [1.54, 1.807) is 0 Å².